The van der Waals surface area contributed by atoms with E-state index in [1.807, 2.05) is 0 Å². The third-order valence-electron chi connectivity index (χ3n) is 2.31. The lowest BCUT2D eigenvalue weighted by Crippen LogP contribution is -2.39. The second-order valence-corrected chi connectivity index (χ2v) is 5.87. The summed E-state index contributed by atoms with van der Waals surface area (Å²) in [5.41, 5.74) is 0.261. The number of thiophene rings is 1. The number of methoxy groups -OCH3 is 1. The molecule has 0 radical (unpaired) electrons. The molecule has 0 bridgehead atoms. The number of alkyl halides is 3. The molecule has 0 spiro atoms. The number of halogens is 4. The van der Waals surface area contributed by atoms with Gasteiger partial charge in [-0.1, -0.05) is 0 Å². The number of hydrogen-bond donors (Lipinski definition) is 0. The van der Waals surface area contributed by atoms with Crippen LogP contribution in [0.15, 0.2) is 3.79 Å². The number of amides is 1. The van der Waals surface area contributed by atoms with Crippen molar-refractivity contribution in [2.45, 2.75) is 13.1 Å². The van der Waals surface area contributed by atoms with E-state index in [-0.39, 0.29) is 10.6 Å². The highest BCUT2D eigenvalue weighted by atomic mass is 79.9. The third-order valence-corrected chi connectivity index (χ3v) is 4.44. The molecule has 1 aromatic heterocycles. The molecule has 106 valence electrons. The molecule has 0 saturated carbocycles. The number of hydrogen-bond acceptors (Lipinski definition) is 4. The van der Waals surface area contributed by atoms with Gasteiger partial charge in [0.1, 0.15) is 4.88 Å². The summed E-state index contributed by atoms with van der Waals surface area (Å²) in [4.78, 5) is 23.1. The van der Waals surface area contributed by atoms with E-state index >= 15 is 0 Å². The highest BCUT2D eigenvalue weighted by molar-refractivity contribution is 9.11. The fourth-order valence-electron chi connectivity index (χ4n) is 1.40. The van der Waals surface area contributed by atoms with Gasteiger partial charge in [0.2, 0.25) is 0 Å². The van der Waals surface area contributed by atoms with Crippen LogP contribution < -0.4 is 4.90 Å². The molecule has 0 aromatic carbocycles. The van der Waals surface area contributed by atoms with Gasteiger partial charge in [-0.2, -0.15) is 13.2 Å². The van der Waals surface area contributed by atoms with Gasteiger partial charge in [0, 0.05) is 7.05 Å². The van der Waals surface area contributed by atoms with Crippen molar-refractivity contribution in [1.29, 1.82) is 0 Å². The molecule has 9 heteroatoms. The Bertz CT molecular complexity index is 527. The molecule has 0 atom stereocenters. The zero-order valence-electron chi connectivity index (χ0n) is 10.1. The summed E-state index contributed by atoms with van der Waals surface area (Å²) in [7, 11) is 2.07. The molecule has 1 aromatic rings. The van der Waals surface area contributed by atoms with Gasteiger partial charge in [-0.15, -0.1) is 11.3 Å². The summed E-state index contributed by atoms with van der Waals surface area (Å²) in [6.45, 7) is 1.50. The number of carbonyl (C=O) groups is 2. The maximum atomic E-state index is 12.4. The average Bonchev–Trinajstić information content (AvgIpc) is 2.62. The zero-order valence-corrected chi connectivity index (χ0v) is 12.5. The molecule has 0 aliphatic rings. The Labute approximate surface area is 119 Å². The van der Waals surface area contributed by atoms with Crippen molar-refractivity contribution in [2.75, 3.05) is 19.1 Å². The van der Waals surface area contributed by atoms with Gasteiger partial charge >= 0.3 is 18.1 Å². The monoisotopic (exact) mass is 359 g/mol. The fourth-order valence-corrected chi connectivity index (χ4v) is 3.06. The molecule has 0 aliphatic heterocycles. The van der Waals surface area contributed by atoms with E-state index < -0.39 is 18.1 Å². The predicted molar refractivity (Wildman–Crippen MR) is 67.6 cm³/mol. The first-order valence-electron chi connectivity index (χ1n) is 4.83. The third kappa shape index (κ3) is 3.08. The molecule has 1 amide bonds. The Morgan fingerprint density at radius 2 is 1.89 bits per heavy atom. The summed E-state index contributed by atoms with van der Waals surface area (Å²) in [5.74, 6) is -2.85. The van der Waals surface area contributed by atoms with Crippen LogP contribution in [-0.4, -0.2) is 32.2 Å². The van der Waals surface area contributed by atoms with Crippen LogP contribution in [0.1, 0.15) is 15.2 Å². The highest BCUT2D eigenvalue weighted by Crippen LogP contribution is 2.40. The van der Waals surface area contributed by atoms with Crippen molar-refractivity contribution in [2.24, 2.45) is 0 Å². The summed E-state index contributed by atoms with van der Waals surface area (Å²) < 4.78 is 42.2. The first-order valence-corrected chi connectivity index (χ1v) is 6.44. The molecule has 0 unspecified atom stereocenters. The number of anilines is 1. The summed E-state index contributed by atoms with van der Waals surface area (Å²) >= 11 is 4.03. The van der Waals surface area contributed by atoms with Crippen LogP contribution in [0.2, 0.25) is 0 Å². The van der Waals surface area contributed by atoms with E-state index in [0.29, 0.717) is 14.2 Å². The standard InChI is InChI=1S/C10H9BrF3NO3S/c1-4-5(15(2)9(17)10(12,13)14)6(8(16)18-3)19-7(4)11/h1-3H3. The number of carbonyl (C=O) groups excluding carboxylic acids is 2. The maximum absolute atomic E-state index is 12.4. The van der Waals surface area contributed by atoms with Gasteiger partial charge in [-0.3, -0.25) is 4.79 Å². The molecule has 19 heavy (non-hydrogen) atoms. The van der Waals surface area contributed by atoms with Crippen LogP contribution in [0, 0.1) is 6.92 Å². The fraction of sp³-hybridized carbons (Fsp3) is 0.400. The molecule has 0 saturated heterocycles. The second-order valence-electron chi connectivity index (χ2n) is 3.53. The molecule has 0 N–H and O–H groups in total. The van der Waals surface area contributed by atoms with Crippen molar-refractivity contribution in [1.82, 2.24) is 0 Å². The van der Waals surface area contributed by atoms with E-state index in [1.54, 1.807) is 0 Å². The smallest absolute Gasteiger partial charge is 0.465 e. The zero-order chi connectivity index (χ0) is 15.0. The van der Waals surface area contributed by atoms with Crippen molar-refractivity contribution in [3.05, 3.63) is 14.2 Å². The Morgan fingerprint density at radius 1 is 1.37 bits per heavy atom. The lowest BCUT2D eigenvalue weighted by molar-refractivity contribution is -0.170. The van der Waals surface area contributed by atoms with Crippen LogP contribution in [0.5, 0.6) is 0 Å². The molecule has 4 nitrogen and oxygen atoms in total. The molecule has 1 heterocycles. The molecular formula is C10H9BrF3NO3S. The second kappa shape index (κ2) is 5.49. The number of nitrogens with zero attached hydrogens (tertiary/aromatic N) is 1. The first kappa shape index (κ1) is 16.0. The van der Waals surface area contributed by atoms with Crippen molar-refractivity contribution in [3.63, 3.8) is 0 Å². The molecular weight excluding hydrogens is 351 g/mol. The van der Waals surface area contributed by atoms with E-state index in [0.717, 1.165) is 25.5 Å². The topological polar surface area (TPSA) is 46.6 Å². The van der Waals surface area contributed by atoms with Crippen LogP contribution in [0.3, 0.4) is 0 Å². The van der Waals surface area contributed by atoms with Gasteiger partial charge in [0.05, 0.1) is 16.6 Å². The SMILES string of the molecule is COC(=O)c1sc(Br)c(C)c1N(C)C(=O)C(F)(F)F. The van der Waals surface area contributed by atoms with E-state index in [1.165, 1.54) is 6.92 Å². The minimum atomic E-state index is -5.01. The van der Waals surface area contributed by atoms with E-state index in [9.17, 15) is 22.8 Å². The summed E-state index contributed by atoms with van der Waals surface area (Å²) in [6.07, 6.45) is -5.01. The number of ether oxygens (including phenoxy) is 1. The minimum absolute atomic E-state index is 0.0630. The van der Waals surface area contributed by atoms with Crippen LogP contribution in [0.25, 0.3) is 0 Å². The number of esters is 1. The van der Waals surface area contributed by atoms with Gasteiger partial charge < -0.3 is 9.64 Å². The predicted octanol–water partition coefficient (Wildman–Crippen LogP) is 3.13. The minimum Gasteiger partial charge on any atom is -0.465 e. The Morgan fingerprint density at radius 3 is 2.32 bits per heavy atom. The maximum Gasteiger partial charge on any atom is 0.471 e. The Hall–Kier alpha value is -1.09. The van der Waals surface area contributed by atoms with Crippen molar-refractivity contribution < 1.29 is 27.5 Å². The molecule has 0 fully saturated rings. The van der Waals surface area contributed by atoms with Crippen LogP contribution >= 0.6 is 27.3 Å². The van der Waals surface area contributed by atoms with Crippen molar-refractivity contribution >= 4 is 44.8 Å². The summed E-state index contributed by atoms with van der Waals surface area (Å²) in [6, 6.07) is 0. The lowest BCUT2D eigenvalue weighted by Gasteiger charge is -2.19. The van der Waals surface area contributed by atoms with Crippen LogP contribution in [-0.2, 0) is 9.53 Å². The van der Waals surface area contributed by atoms with E-state index in [2.05, 4.69) is 20.7 Å². The first-order chi connectivity index (χ1) is 8.61. The van der Waals surface area contributed by atoms with Crippen LogP contribution in [0.4, 0.5) is 18.9 Å². The Balaban J connectivity index is 3.34. The van der Waals surface area contributed by atoms with Gasteiger partial charge in [0.25, 0.3) is 0 Å². The van der Waals surface area contributed by atoms with Crippen molar-refractivity contribution in [3.8, 4) is 0 Å². The van der Waals surface area contributed by atoms with Gasteiger partial charge in [0.15, 0.2) is 0 Å². The highest BCUT2D eigenvalue weighted by Gasteiger charge is 2.43. The molecule has 1 rings (SSSR count). The lowest BCUT2D eigenvalue weighted by atomic mass is 10.2. The largest absolute Gasteiger partial charge is 0.471 e. The van der Waals surface area contributed by atoms with Gasteiger partial charge in [-0.25, -0.2) is 4.79 Å². The Kier molecular flexibility index (Phi) is 4.62. The normalized spacial score (nSPS) is 11.3. The number of rotatable bonds is 2. The quantitative estimate of drug-likeness (QED) is 0.762. The summed E-state index contributed by atoms with van der Waals surface area (Å²) in [5, 5.41) is 0. The average molecular weight is 360 g/mol. The van der Waals surface area contributed by atoms with Gasteiger partial charge in [-0.05, 0) is 28.4 Å². The molecule has 0 aliphatic carbocycles. The van der Waals surface area contributed by atoms with E-state index in [4.69, 9.17) is 0 Å².